The number of carbonyl (C=O) groups excluding carboxylic acids is 1. The van der Waals surface area contributed by atoms with Crippen LogP contribution in [-0.4, -0.2) is 34.9 Å². The Labute approximate surface area is 114 Å². The largest absolute Gasteiger partial charge is 0.338 e. The molecule has 1 aliphatic heterocycles. The van der Waals surface area contributed by atoms with Crippen LogP contribution in [0.3, 0.4) is 0 Å². The third-order valence-corrected chi connectivity index (χ3v) is 4.56. The first-order chi connectivity index (χ1) is 9.15. The Bertz CT molecular complexity index is 488. The Kier molecular flexibility index (Phi) is 3.27. The highest BCUT2D eigenvalue weighted by atomic mass is 16.2. The van der Waals surface area contributed by atoms with Gasteiger partial charge < -0.3 is 10.6 Å². The summed E-state index contributed by atoms with van der Waals surface area (Å²) in [7, 11) is 0. The SMILES string of the molecule is Cc1cncc(C(=O)N2CC3CCCC(N)C3C2)c1. The third kappa shape index (κ3) is 2.37. The van der Waals surface area contributed by atoms with E-state index in [-0.39, 0.29) is 11.9 Å². The van der Waals surface area contributed by atoms with Crippen molar-refractivity contribution in [3.8, 4) is 0 Å². The second-order valence-electron chi connectivity index (χ2n) is 5.98. The monoisotopic (exact) mass is 259 g/mol. The zero-order chi connectivity index (χ0) is 13.4. The van der Waals surface area contributed by atoms with Gasteiger partial charge in [0.1, 0.15) is 0 Å². The minimum atomic E-state index is 0.109. The number of carbonyl (C=O) groups is 1. The van der Waals surface area contributed by atoms with Crippen molar-refractivity contribution in [2.24, 2.45) is 17.6 Å². The standard InChI is InChI=1S/C15H21N3O/c1-10-5-12(7-17-6-10)15(19)18-8-11-3-2-4-14(16)13(11)9-18/h5-7,11,13-14H,2-4,8-9,16H2,1H3. The van der Waals surface area contributed by atoms with Crippen molar-refractivity contribution in [3.05, 3.63) is 29.6 Å². The number of aromatic nitrogens is 1. The number of aryl methyl sites for hydroxylation is 1. The van der Waals surface area contributed by atoms with E-state index >= 15 is 0 Å². The molecule has 0 radical (unpaired) electrons. The van der Waals surface area contributed by atoms with E-state index in [4.69, 9.17) is 5.73 Å². The summed E-state index contributed by atoms with van der Waals surface area (Å²) in [6, 6.07) is 2.18. The Morgan fingerprint density at radius 3 is 2.95 bits per heavy atom. The maximum Gasteiger partial charge on any atom is 0.255 e. The number of amides is 1. The predicted molar refractivity (Wildman–Crippen MR) is 73.7 cm³/mol. The average molecular weight is 259 g/mol. The minimum absolute atomic E-state index is 0.109. The molecule has 2 N–H and O–H groups in total. The average Bonchev–Trinajstić information content (AvgIpc) is 2.83. The fourth-order valence-corrected chi connectivity index (χ4v) is 3.54. The Morgan fingerprint density at radius 1 is 1.37 bits per heavy atom. The lowest BCUT2D eigenvalue weighted by molar-refractivity contribution is 0.0783. The number of hydrogen-bond acceptors (Lipinski definition) is 3. The molecule has 4 heteroatoms. The van der Waals surface area contributed by atoms with Crippen molar-refractivity contribution >= 4 is 5.91 Å². The molecular weight excluding hydrogens is 238 g/mol. The molecule has 1 aromatic heterocycles. The van der Waals surface area contributed by atoms with Crippen LogP contribution in [0, 0.1) is 18.8 Å². The topological polar surface area (TPSA) is 59.2 Å². The number of rotatable bonds is 1. The molecule has 1 amide bonds. The van der Waals surface area contributed by atoms with Crippen molar-refractivity contribution in [2.45, 2.75) is 32.2 Å². The van der Waals surface area contributed by atoms with Crippen LogP contribution in [0.2, 0.25) is 0 Å². The molecule has 0 bridgehead atoms. The van der Waals surface area contributed by atoms with Crippen LogP contribution in [-0.2, 0) is 0 Å². The van der Waals surface area contributed by atoms with Gasteiger partial charge in [-0.3, -0.25) is 9.78 Å². The summed E-state index contributed by atoms with van der Waals surface area (Å²) in [4.78, 5) is 18.6. The number of fused-ring (bicyclic) bond motifs is 1. The van der Waals surface area contributed by atoms with Gasteiger partial charge in [0.25, 0.3) is 5.91 Å². The maximum atomic E-state index is 12.5. The zero-order valence-corrected chi connectivity index (χ0v) is 11.4. The molecule has 1 aliphatic carbocycles. The summed E-state index contributed by atoms with van der Waals surface area (Å²) < 4.78 is 0. The van der Waals surface area contributed by atoms with Crippen molar-refractivity contribution in [1.29, 1.82) is 0 Å². The number of nitrogens with zero attached hydrogens (tertiary/aromatic N) is 2. The molecule has 0 aromatic carbocycles. The van der Waals surface area contributed by atoms with E-state index in [2.05, 4.69) is 4.98 Å². The van der Waals surface area contributed by atoms with Crippen molar-refractivity contribution in [1.82, 2.24) is 9.88 Å². The molecule has 19 heavy (non-hydrogen) atoms. The first-order valence-corrected chi connectivity index (χ1v) is 7.11. The first kappa shape index (κ1) is 12.6. The summed E-state index contributed by atoms with van der Waals surface area (Å²) >= 11 is 0. The summed E-state index contributed by atoms with van der Waals surface area (Å²) in [5, 5.41) is 0. The van der Waals surface area contributed by atoms with Crippen molar-refractivity contribution < 1.29 is 4.79 Å². The Balaban J connectivity index is 1.75. The highest BCUT2D eigenvalue weighted by Crippen LogP contribution is 2.35. The van der Waals surface area contributed by atoms with Gasteiger partial charge in [-0.2, -0.15) is 0 Å². The molecule has 4 nitrogen and oxygen atoms in total. The van der Waals surface area contributed by atoms with Gasteiger partial charge >= 0.3 is 0 Å². The fourth-order valence-electron chi connectivity index (χ4n) is 3.54. The van der Waals surface area contributed by atoms with E-state index in [0.29, 0.717) is 17.4 Å². The van der Waals surface area contributed by atoms with Crippen LogP contribution in [0.5, 0.6) is 0 Å². The smallest absolute Gasteiger partial charge is 0.255 e. The molecule has 3 rings (SSSR count). The minimum Gasteiger partial charge on any atom is -0.338 e. The van der Waals surface area contributed by atoms with Crippen molar-refractivity contribution in [2.75, 3.05) is 13.1 Å². The molecule has 1 saturated heterocycles. The number of hydrogen-bond donors (Lipinski definition) is 1. The lowest BCUT2D eigenvalue weighted by Crippen LogP contribution is -2.38. The Morgan fingerprint density at radius 2 is 2.21 bits per heavy atom. The molecular formula is C15H21N3O. The highest BCUT2D eigenvalue weighted by molar-refractivity contribution is 5.94. The van der Waals surface area contributed by atoms with Gasteiger partial charge in [-0.1, -0.05) is 6.42 Å². The van der Waals surface area contributed by atoms with Crippen LogP contribution < -0.4 is 5.73 Å². The van der Waals surface area contributed by atoms with Gasteiger partial charge in [0, 0.05) is 31.5 Å². The lowest BCUT2D eigenvalue weighted by atomic mass is 9.78. The maximum absolute atomic E-state index is 12.5. The molecule has 0 spiro atoms. The van der Waals surface area contributed by atoms with Crippen LogP contribution in [0.4, 0.5) is 0 Å². The quantitative estimate of drug-likeness (QED) is 0.833. The molecule has 102 valence electrons. The van der Waals surface area contributed by atoms with Crippen LogP contribution in [0.1, 0.15) is 35.2 Å². The first-order valence-electron chi connectivity index (χ1n) is 7.11. The zero-order valence-electron chi connectivity index (χ0n) is 11.4. The number of nitrogens with two attached hydrogens (primary N) is 1. The van der Waals surface area contributed by atoms with Gasteiger partial charge in [0.05, 0.1) is 5.56 Å². The predicted octanol–water partition coefficient (Wildman–Crippen LogP) is 1.59. The van der Waals surface area contributed by atoms with Gasteiger partial charge in [-0.15, -0.1) is 0 Å². The number of pyridine rings is 1. The van der Waals surface area contributed by atoms with E-state index in [1.165, 1.54) is 12.8 Å². The molecule has 2 fully saturated rings. The summed E-state index contributed by atoms with van der Waals surface area (Å²) in [6.07, 6.45) is 6.97. The van der Waals surface area contributed by atoms with Gasteiger partial charge in [0.2, 0.25) is 0 Å². The van der Waals surface area contributed by atoms with Gasteiger partial charge in [-0.05, 0) is 43.2 Å². The molecule has 2 heterocycles. The van der Waals surface area contributed by atoms with Crippen molar-refractivity contribution in [3.63, 3.8) is 0 Å². The number of likely N-dealkylation sites (tertiary alicyclic amines) is 1. The molecule has 3 atom stereocenters. The Hall–Kier alpha value is -1.42. The van der Waals surface area contributed by atoms with E-state index in [1.54, 1.807) is 12.4 Å². The second kappa shape index (κ2) is 4.93. The van der Waals surface area contributed by atoms with E-state index in [9.17, 15) is 4.79 Å². The molecule has 1 saturated carbocycles. The molecule has 3 unspecified atom stereocenters. The van der Waals surface area contributed by atoms with Gasteiger partial charge in [-0.25, -0.2) is 0 Å². The highest BCUT2D eigenvalue weighted by Gasteiger charge is 2.40. The van der Waals surface area contributed by atoms with Crippen LogP contribution in [0.25, 0.3) is 0 Å². The fraction of sp³-hybridized carbons (Fsp3) is 0.600. The van der Waals surface area contributed by atoms with Crippen LogP contribution in [0.15, 0.2) is 18.5 Å². The second-order valence-corrected chi connectivity index (χ2v) is 5.98. The normalized spacial score (nSPS) is 30.2. The lowest BCUT2D eigenvalue weighted by Gasteiger charge is -2.29. The molecule has 2 aliphatic rings. The third-order valence-electron chi connectivity index (χ3n) is 4.56. The van der Waals surface area contributed by atoms with E-state index in [1.807, 2.05) is 17.9 Å². The van der Waals surface area contributed by atoms with E-state index in [0.717, 1.165) is 25.1 Å². The van der Waals surface area contributed by atoms with Gasteiger partial charge in [0.15, 0.2) is 0 Å². The molecule has 1 aromatic rings. The van der Waals surface area contributed by atoms with Crippen LogP contribution >= 0.6 is 0 Å². The van der Waals surface area contributed by atoms with E-state index < -0.39 is 0 Å². The summed E-state index contributed by atoms with van der Waals surface area (Å²) in [5.41, 5.74) is 7.92. The summed E-state index contributed by atoms with van der Waals surface area (Å²) in [6.45, 7) is 3.65. The summed E-state index contributed by atoms with van der Waals surface area (Å²) in [5.74, 6) is 1.21.